The molecule has 38 heavy (non-hydrogen) atoms. The summed E-state index contributed by atoms with van der Waals surface area (Å²) < 4.78 is 0. The van der Waals surface area contributed by atoms with Crippen LogP contribution < -0.4 is 21.7 Å². The molecule has 3 amide bonds. The van der Waals surface area contributed by atoms with Gasteiger partial charge in [0.2, 0.25) is 17.7 Å². The smallest absolute Gasteiger partial charge is 0.325 e. The van der Waals surface area contributed by atoms with Gasteiger partial charge in [-0.25, -0.2) is 0 Å². The highest BCUT2D eigenvalue weighted by Crippen LogP contribution is 2.19. The van der Waals surface area contributed by atoms with Gasteiger partial charge in [0.1, 0.15) is 18.1 Å². The molecule has 3 aromatic rings. The summed E-state index contributed by atoms with van der Waals surface area (Å²) in [4.78, 5) is 53.7. The molecule has 3 rings (SSSR count). The number of carbonyl (C=O) groups excluding carboxylic acids is 3. The van der Waals surface area contributed by atoms with E-state index in [-0.39, 0.29) is 12.3 Å². The Morgan fingerprint density at radius 2 is 1.50 bits per heavy atom. The first-order chi connectivity index (χ1) is 18.1. The number of benzene rings is 2. The molecule has 1 heterocycles. The quantitative estimate of drug-likeness (QED) is 0.211. The number of carboxylic acid groups (broad SMARTS) is 1. The summed E-state index contributed by atoms with van der Waals surface area (Å²) in [6.45, 7) is 4.89. The van der Waals surface area contributed by atoms with Crippen molar-refractivity contribution < 1.29 is 24.3 Å². The lowest BCUT2D eigenvalue weighted by molar-refractivity contribution is -0.141. The molecule has 2 aromatic carbocycles. The number of hydrogen-bond donors (Lipinski definition) is 6. The van der Waals surface area contributed by atoms with Crippen molar-refractivity contribution in [1.29, 1.82) is 0 Å². The molecular formula is C28H35N5O5. The van der Waals surface area contributed by atoms with Crippen LogP contribution in [0.4, 0.5) is 0 Å². The number of aromatic nitrogens is 1. The lowest BCUT2D eigenvalue weighted by atomic mass is 9.99. The Kier molecular flexibility index (Phi) is 9.61. The first-order valence-electron chi connectivity index (χ1n) is 12.5. The highest BCUT2D eigenvalue weighted by atomic mass is 16.4. The van der Waals surface area contributed by atoms with Crippen LogP contribution in [0.15, 0.2) is 60.8 Å². The minimum atomic E-state index is -1.20. The van der Waals surface area contributed by atoms with Gasteiger partial charge in [0.05, 0.1) is 6.04 Å². The van der Waals surface area contributed by atoms with Crippen molar-refractivity contribution in [2.45, 2.75) is 57.8 Å². The summed E-state index contributed by atoms with van der Waals surface area (Å²) in [6, 6.07) is 12.8. The molecule has 0 spiro atoms. The molecule has 0 aliphatic carbocycles. The molecule has 0 aliphatic rings. The van der Waals surface area contributed by atoms with E-state index in [4.69, 9.17) is 5.73 Å². The average Bonchev–Trinajstić information content (AvgIpc) is 3.29. The van der Waals surface area contributed by atoms with Gasteiger partial charge in [0, 0.05) is 23.5 Å². The number of aromatic amines is 1. The van der Waals surface area contributed by atoms with Gasteiger partial charge in [-0.3, -0.25) is 19.2 Å². The predicted molar refractivity (Wildman–Crippen MR) is 144 cm³/mol. The molecule has 10 heteroatoms. The van der Waals surface area contributed by atoms with Gasteiger partial charge < -0.3 is 31.8 Å². The van der Waals surface area contributed by atoms with Crippen LogP contribution in [0.2, 0.25) is 0 Å². The SMILES string of the molecule is CC(NC(=O)C(Cc1c[nH]c2ccccc12)NC(=O)C(NC(=O)C(N)Cc1ccccc1)C(C)C)C(=O)O. The Balaban J connectivity index is 1.76. The molecule has 1 aromatic heterocycles. The number of rotatable bonds is 12. The molecule has 0 aliphatic heterocycles. The molecule has 10 nitrogen and oxygen atoms in total. The molecule has 0 bridgehead atoms. The molecule has 0 radical (unpaired) electrons. The Labute approximate surface area is 221 Å². The second kappa shape index (κ2) is 12.9. The van der Waals surface area contributed by atoms with Gasteiger partial charge in [0.15, 0.2) is 0 Å². The molecule has 4 unspecified atom stereocenters. The molecular weight excluding hydrogens is 486 g/mol. The maximum Gasteiger partial charge on any atom is 0.325 e. The standard InChI is InChI=1S/C28H35N5O5/c1-16(2)24(33-25(34)21(29)13-18-9-5-4-6-10-18)27(36)32-23(26(35)31-17(3)28(37)38)14-19-15-30-22-12-8-7-11-20(19)22/h4-12,15-17,21,23-24,30H,13-14,29H2,1-3H3,(H,31,35)(H,32,36)(H,33,34)(H,37,38). The van der Waals surface area contributed by atoms with Crippen LogP contribution in [0.1, 0.15) is 31.9 Å². The fourth-order valence-corrected chi connectivity index (χ4v) is 4.12. The highest BCUT2D eigenvalue weighted by molar-refractivity contribution is 5.95. The van der Waals surface area contributed by atoms with Crippen LogP contribution in [0, 0.1) is 5.92 Å². The van der Waals surface area contributed by atoms with Crippen molar-refractivity contribution in [3.63, 3.8) is 0 Å². The minimum absolute atomic E-state index is 0.111. The number of amides is 3. The van der Waals surface area contributed by atoms with Gasteiger partial charge >= 0.3 is 5.97 Å². The van der Waals surface area contributed by atoms with E-state index in [0.29, 0.717) is 6.42 Å². The number of hydrogen-bond acceptors (Lipinski definition) is 5. The molecule has 0 saturated heterocycles. The van der Waals surface area contributed by atoms with Crippen LogP contribution in [-0.2, 0) is 32.0 Å². The van der Waals surface area contributed by atoms with Crippen molar-refractivity contribution in [3.8, 4) is 0 Å². The summed E-state index contributed by atoms with van der Waals surface area (Å²) in [6.07, 6.45) is 2.17. The Bertz CT molecular complexity index is 1270. The lowest BCUT2D eigenvalue weighted by Crippen LogP contribution is -2.58. The largest absolute Gasteiger partial charge is 0.480 e. The molecule has 202 valence electrons. The summed E-state index contributed by atoms with van der Waals surface area (Å²) in [7, 11) is 0. The fraction of sp³-hybridized carbons (Fsp3) is 0.357. The normalized spacial score (nSPS) is 14.3. The Morgan fingerprint density at radius 1 is 0.842 bits per heavy atom. The number of carbonyl (C=O) groups is 4. The zero-order valence-electron chi connectivity index (χ0n) is 21.7. The van der Waals surface area contributed by atoms with Crippen molar-refractivity contribution >= 4 is 34.6 Å². The maximum absolute atomic E-state index is 13.4. The highest BCUT2D eigenvalue weighted by Gasteiger charge is 2.31. The van der Waals surface area contributed by atoms with E-state index in [2.05, 4.69) is 20.9 Å². The monoisotopic (exact) mass is 521 g/mol. The second-order valence-electron chi connectivity index (χ2n) is 9.72. The first-order valence-corrected chi connectivity index (χ1v) is 12.5. The van der Waals surface area contributed by atoms with E-state index in [1.54, 1.807) is 20.0 Å². The van der Waals surface area contributed by atoms with Gasteiger partial charge in [-0.05, 0) is 36.5 Å². The Hall–Kier alpha value is -4.18. The number of carboxylic acids is 1. The first kappa shape index (κ1) is 28.4. The summed E-state index contributed by atoms with van der Waals surface area (Å²) in [5.41, 5.74) is 8.64. The zero-order valence-corrected chi connectivity index (χ0v) is 21.7. The van der Waals surface area contributed by atoms with Gasteiger partial charge in [0.25, 0.3) is 0 Å². The number of aliphatic carboxylic acids is 1. The summed E-state index contributed by atoms with van der Waals surface area (Å²) in [5, 5.41) is 18.0. The number of fused-ring (bicyclic) bond motifs is 1. The lowest BCUT2D eigenvalue weighted by Gasteiger charge is -2.26. The van der Waals surface area contributed by atoms with E-state index in [0.717, 1.165) is 22.0 Å². The van der Waals surface area contributed by atoms with Crippen LogP contribution in [0.5, 0.6) is 0 Å². The molecule has 0 fully saturated rings. The third-order valence-electron chi connectivity index (χ3n) is 6.34. The number of nitrogens with one attached hydrogen (secondary N) is 4. The minimum Gasteiger partial charge on any atom is -0.480 e. The van der Waals surface area contributed by atoms with Gasteiger partial charge in [-0.15, -0.1) is 0 Å². The van der Waals surface area contributed by atoms with Crippen LogP contribution >= 0.6 is 0 Å². The zero-order chi connectivity index (χ0) is 27.8. The van der Waals surface area contributed by atoms with E-state index in [1.165, 1.54) is 6.92 Å². The van der Waals surface area contributed by atoms with Crippen molar-refractivity contribution in [3.05, 3.63) is 71.9 Å². The van der Waals surface area contributed by atoms with Crippen molar-refractivity contribution in [2.24, 2.45) is 11.7 Å². The number of para-hydroxylation sites is 1. The third kappa shape index (κ3) is 7.42. The van der Waals surface area contributed by atoms with E-state index in [9.17, 15) is 24.3 Å². The van der Waals surface area contributed by atoms with E-state index >= 15 is 0 Å². The topological polar surface area (TPSA) is 166 Å². The van der Waals surface area contributed by atoms with Crippen molar-refractivity contribution in [2.75, 3.05) is 0 Å². The van der Waals surface area contributed by atoms with E-state index in [1.807, 2.05) is 54.6 Å². The van der Waals surface area contributed by atoms with Crippen LogP contribution in [0.3, 0.4) is 0 Å². The second-order valence-corrected chi connectivity index (χ2v) is 9.72. The summed E-state index contributed by atoms with van der Waals surface area (Å²) in [5.74, 6) is -3.20. The number of H-pyrrole nitrogens is 1. The molecule has 4 atom stereocenters. The number of nitrogens with two attached hydrogens (primary N) is 1. The summed E-state index contributed by atoms with van der Waals surface area (Å²) >= 11 is 0. The maximum atomic E-state index is 13.4. The molecule has 7 N–H and O–H groups in total. The van der Waals surface area contributed by atoms with E-state index < -0.39 is 47.9 Å². The third-order valence-corrected chi connectivity index (χ3v) is 6.34. The molecule has 0 saturated carbocycles. The Morgan fingerprint density at radius 3 is 2.16 bits per heavy atom. The van der Waals surface area contributed by atoms with Gasteiger partial charge in [-0.2, -0.15) is 0 Å². The van der Waals surface area contributed by atoms with Crippen molar-refractivity contribution in [1.82, 2.24) is 20.9 Å². The van der Waals surface area contributed by atoms with Gasteiger partial charge in [-0.1, -0.05) is 62.4 Å². The average molecular weight is 522 g/mol. The fourth-order valence-electron chi connectivity index (χ4n) is 4.12. The predicted octanol–water partition coefficient (Wildman–Crippen LogP) is 1.50. The van der Waals surface area contributed by atoms with Crippen LogP contribution in [0.25, 0.3) is 10.9 Å². The van der Waals surface area contributed by atoms with Crippen LogP contribution in [-0.4, -0.2) is 57.9 Å².